The summed E-state index contributed by atoms with van der Waals surface area (Å²) in [7, 11) is 0. The Morgan fingerprint density at radius 3 is 1.89 bits per heavy atom. The summed E-state index contributed by atoms with van der Waals surface area (Å²) in [4.78, 5) is 0. The molecule has 3 heteroatoms. The van der Waals surface area contributed by atoms with Crippen molar-refractivity contribution in [2.75, 3.05) is 0 Å². The van der Waals surface area contributed by atoms with Gasteiger partial charge in [-0.2, -0.15) is 0 Å². The first-order valence-corrected chi connectivity index (χ1v) is 4.01. The van der Waals surface area contributed by atoms with Crippen LogP contribution >= 0.6 is 31.9 Å². The van der Waals surface area contributed by atoms with Gasteiger partial charge in [-0.1, -0.05) is 15.9 Å². The summed E-state index contributed by atoms with van der Waals surface area (Å²) in [6, 6.07) is 0. The molecule has 0 saturated heterocycles. The molecule has 0 aliphatic rings. The predicted octanol–water partition coefficient (Wildman–Crippen LogP) is 3.47. The molecule has 0 bridgehead atoms. The van der Waals surface area contributed by atoms with E-state index in [2.05, 4.69) is 31.9 Å². The van der Waals surface area contributed by atoms with Gasteiger partial charge in [0.25, 0.3) is 0 Å². The predicted molar refractivity (Wildman–Crippen MR) is 46.9 cm³/mol. The van der Waals surface area contributed by atoms with Crippen LogP contribution in [0.15, 0.2) is 20.8 Å². The van der Waals surface area contributed by atoms with Crippen molar-refractivity contribution < 1.29 is 5.11 Å². The minimum atomic E-state index is 0.286. The Kier molecular flexibility index (Phi) is 4.23. The van der Waals surface area contributed by atoms with E-state index in [0.29, 0.717) is 4.48 Å². The highest BCUT2D eigenvalue weighted by Crippen LogP contribution is 2.15. The molecule has 0 aliphatic carbocycles. The van der Waals surface area contributed by atoms with Crippen LogP contribution in [0.1, 0.15) is 13.8 Å². The smallest absolute Gasteiger partial charge is 0.103 e. The summed E-state index contributed by atoms with van der Waals surface area (Å²) < 4.78 is 1.68. The van der Waals surface area contributed by atoms with Crippen LogP contribution in [0, 0.1) is 0 Å². The van der Waals surface area contributed by atoms with Gasteiger partial charge < -0.3 is 5.11 Å². The van der Waals surface area contributed by atoms with Gasteiger partial charge >= 0.3 is 0 Å². The van der Waals surface area contributed by atoms with Crippen molar-refractivity contribution in [3.8, 4) is 0 Å². The van der Waals surface area contributed by atoms with Gasteiger partial charge in [0.15, 0.2) is 0 Å². The minimum Gasteiger partial charge on any atom is -0.511 e. The number of aliphatic hydroxyl groups excluding tert-OH is 1. The maximum Gasteiger partial charge on any atom is 0.103 e. The molecule has 0 radical (unpaired) electrons. The fraction of sp³-hybridized carbons (Fsp3) is 0.333. The van der Waals surface area contributed by atoms with Crippen LogP contribution in [0.5, 0.6) is 0 Å². The third-order valence-corrected chi connectivity index (χ3v) is 1.70. The number of halogens is 2. The molecular weight excluding hydrogens is 248 g/mol. The highest BCUT2D eigenvalue weighted by atomic mass is 79.9. The van der Waals surface area contributed by atoms with Gasteiger partial charge in [0.05, 0.1) is 4.48 Å². The molecule has 9 heavy (non-hydrogen) atoms. The van der Waals surface area contributed by atoms with Gasteiger partial charge in [-0.25, -0.2) is 0 Å². The quantitative estimate of drug-likeness (QED) is 0.562. The van der Waals surface area contributed by atoms with Gasteiger partial charge in [0, 0.05) is 0 Å². The molecule has 0 fully saturated rings. The van der Waals surface area contributed by atoms with Crippen molar-refractivity contribution in [3.05, 3.63) is 20.8 Å². The van der Waals surface area contributed by atoms with E-state index >= 15 is 0 Å². The first kappa shape index (κ1) is 9.24. The average Bonchev–Trinajstić information content (AvgIpc) is 1.63. The molecule has 0 heterocycles. The molecule has 0 saturated carbocycles. The van der Waals surface area contributed by atoms with Crippen molar-refractivity contribution in [1.29, 1.82) is 0 Å². The fourth-order valence-corrected chi connectivity index (χ4v) is 1.16. The maximum atomic E-state index is 8.84. The van der Waals surface area contributed by atoms with Crippen LogP contribution in [0.2, 0.25) is 0 Å². The molecular formula is C6H8Br2O. The molecule has 0 aromatic rings. The van der Waals surface area contributed by atoms with Gasteiger partial charge in [-0.05, 0) is 40.3 Å². The molecule has 0 aromatic heterocycles. The van der Waals surface area contributed by atoms with E-state index in [1.54, 1.807) is 13.0 Å². The largest absolute Gasteiger partial charge is 0.511 e. The second-order valence-electron chi connectivity index (χ2n) is 1.66. The van der Waals surface area contributed by atoms with E-state index in [9.17, 15) is 0 Å². The number of aliphatic hydroxyl groups is 1. The highest BCUT2D eigenvalue weighted by molar-refractivity contribution is 9.12. The number of hydrogen-bond acceptors (Lipinski definition) is 1. The van der Waals surface area contributed by atoms with Gasteiger partial charge in [0.1, 0.15) is 5.76 Å². The Labute approximate surface area is 71.7 Å². The van der Waals surface area contributed by atoms with Crippen LogP contribution < -0.4 is 0 Å². The second-order valence-corrected chi connectivity index (χ2v) is 3.77. The van der Waals surface area contributed by atoms with Crippen LogP contribution in [0.25, 0.3) is 0 Å². The molecule has 0 atom stereocenters. The summed E-state index contributed by atoms with van der Waals surface area (Å²) in [6.45, 7) is 3.51. The van der Waals surface area contributed by atoms with E-state index in [-0.39, 0.29) is 5.76 Å². The van der Waals surface area contributed by atoms with Gasteiger partial charge in [-0.15, -0.1) is 0 Å². The summed E-state index contributed by atoms with van der Waals surface area (Å²) >= 11 is 6.40. The fourth-order valence-electron chi connectivity index (χ4n) is 0.279. The minimum absolute atomic E-state index is 0.286. The Bertz CT molecular complexity index is 150. The summed E-state index contributed by atoms with van der Waals surface area (Å²) in [5.41, 5.74) is 0. The summed E-state index contributed by atoms with van der Waals surface area (Å²) in [5, 5.41) is 8.84. The van der Waals surface area contributed by atoms with E-state index < -0.39 is 0 Å². The van der Waals surface area contributed by atoms with E-state index in [4.69, 9.17) is 5.11 Å². The molecule has 1 nitrogen and oxygen atoms in total. The number of rotatable bonds is 1. The van der Waals surface area contributed by atoms with Crippen LogP contribution in [0.3, 0.4) is 0 Å². The lowest BCUT2D eigenvalue weighted by Gasteiger charge is -1.91. The number of allylic oxidation sites excluding steroid dienone is 4. The van der Waals surface area contributed by atoms with E-state index in [1.165, 1.54) is 0 Å². The third kappa shape index (κ3) is 4.73. The normalized spacial score (nSPS) is 15.3. The monoisotopic (exact) mass is 254 g/mol. The SMILES string of the molecule is CC(Br)=C/C(Br)=C(\C)O. The molecule has 0 spiro atoms. The molecule has 0 rings (SSSR count). The molecule has 0 aliphatic heterocycles. The second kappa shape index (κ2) is 4.12. The first-order valence-electron chi connectivity index (χ1n) is 2.43. The van der Waals surface area contributed by atoms with E-state index in [0.717, 1.165) is 4.48 Å². The van der Waals surface area contributed by atoms with Crippen molar-refractivity contribution in [2.24, 2.45) is 0 Å². The lowest BCUT2D eigenvalue weighted by atomic mass is 10.4. The van der Waals surface area contributed by atoms with Crippen molar-refractivity contribution in [1.82, 2.24) is 0 Å². The Morgan fingerprint density at radius 1 is 1.33 bits per heavy atom. The standard InChI is InChI=1S/C6H8Br2O/c1-4(7)3-6(8)5(2)9/h3,9H,1-2H3/b4-3?,6-5-. The molecule has 52 valence electrons. The zero-order valence-electron chi connectivity index (χ0n) is 5.28. The number of hydrogen-bond donors (Lipinski definition) is 1. The lowest BCUT2D eigenvalue weighted by Crippen LogP contribution is -1.73. The van der Waals surface area contributed by atoms with Crippen molar-refractivity contribution in [3.63, 3.8) is 0 Å². The van der Waals surface area contributed by atoms with Gasteiger partial charge in [0.2, 0.25) is 0 Å². The van der Waals surface area contributed by atoms with Crippen molar-refractivity contribution in [2.45, 2.75) is 13.8 Å². The molecule has 1 N–H and O–H groups in total. The van der Waals surface area contributed by atoms with Crippen LogP contribution in [0.4, 0.5) is 0 Å². The first-order chi connectivity index (χ1) is 4.04. The molecule has 0 unspecified atom stereocenters. The Morgan fingerprint density at radius 2 is 1.78 bits per heavy atom. The lowest BCUT2D eigenvalue weighted by molar-refractivity contribution is 0.413. The third-order valence-electron chi connectivity index (χ3n) is 0.671. The van der Waals surface area contributed by atoms with E-state index in [1.807, 2.05) is 6.92 Å². The summed E-state index contributed by atoms with van der Waals surface area (Å²) in [6.07, 6.45) is 1.79. The Hall–Kier alpha value is 0.240. The zero-order valence-corrected chi connectivity index (χ0v) is 8.45. The molecule has 0 aromatic carbocycles. The van der Waals surface area contributed by atoms with Crippen molar-refractivity contribution >= 4 is 31.9 Å². The Balaban J connectivity index is 4.25. The summed E-state index contributed by atoms with van der Waals surface area (Å²) in [5.74, 6) is 0.286. The van der Waals surface area contributed by atoms with Gasteiger partial charge in [-0.3, -0.25) is 0 Å². The van der Waals surface area contributed by atoms with Crippen LogP contribution in [-0.4, -0.2) is 5.11 Å². The maximum absolute atomic E-state index is 8.84. The topological polar surface area (TPSA) is 20.2 Å². The highest BCUT2D eigenvalue weighted by Gasteiger charge is 1.90. The zero-order chi connectivity index (χ0) is 7.44. The average molecular weight is 256 g/mol. The molecule has 0 amide bonds. The van der Waals surface area contributed by atoms with Crippen LogP contribution in [-0.2, 0) is 0 Å².